The molecule has 0 aromatic rings. The van der Waals surface area contributed by atoms with Gasteiger partial charge in [-0.1, -0.05) is 13.8 Å². The highest BCUT2D eigenvalue weighted by Crippen LogP contribution is 2.39. The van der Waals surface area contributed by atoms with Gasteiger partial charge in [0.05, 0.1) is 0 Å². The second-order valence-electron chi connectivity index (χ2n) is 5.46. The number of rotatable bonds is 2. The summed E-state index contributed by atoms with van der Waals surface area (Å²) in [6.07, 6.45) is 4.34. The fourth-order valence-corrected chi connectivity index (χ4v) is 2.59. The lowest BCUT2D eigenvalue weighted by Gasteiger charge is -2.36. The minimum absolute atomic E-state index is 0.851. The van der Waals surface area contributed by atoms with E-state index in [0.29, 0.717) is 0 Å². The van der Waals surface area contributed by atoms with Crippen molar-refractivity contribution in [1.82, 2.24) is 4.90 Å². The standard InChI is InChI=1S/C12H23N/c1-9-4-5-11(3)13(7-9)8-12-6-10(12)2/h9-12H,4-8H2,1-3H3. The van der Waals surface area contributed by atoms with Gasteiger partial charge in [0, 0.05) is 19.1 Å². The Kier molecular flexibility index (Phi) is 2.64. The number of hydrogen-bond donors (Lipinski definition) is 0. The number of piperidine rings is 1. The van der Waals surface area contributed by atoms with Crippen molar-refractivity contribution in [3.05, 3.63) is 0 Å². The van der Waals surface area contributed by atoms with Crippen molar-refractivity contribution in [2.24, 2.45) is 17.8 Å². The summed E-state index contributed by atoms with van der Waals surface area (Å²) in [6.45, 7) is 9.92. The maximum Gasteiger partial charge on any atom is 0.00672 e. The molecular weight excluding hydrogens is 158 g/mol. The summed E-state index contributed by atoms with van der Waals surface area (Å²) < 4.78 is 0. The van der Waals surface area contributed by atoms with Crippen molar-refractivity contribution in [3.63, 3.8) is 0 Å². The Balaban J connectivity index is 1.81. The zero-order valence-corrected chi connectivity index (χ0v) is 9.29. The van der Waals surface area contributed by atoms with Crippen LogP contribution >= 0.6 is 0 Å². The molecule has 1 aliphatic heterocycles. The Morgan fingerprint density at radius 1 is 1.15 bits per heavy atom. The molecule has 2 aliphatic rings. The summed E-state index contributed by atoms with van der Waals surface area (Å²) >= 11 is 0. The molecule has 1 saturated heterocycles. The van der Waals surface area contributed by atoms with Crippen molar-refractivity contribution in [3.8, 4) is 0 Å². The van der Waals surface area contributed by atoms with Crippen molar-refractivity contribution in [2.45, 2.75) is 46.1 Å². The van der Waals surface area contributed by atoms with E-state index in [-0.39, 0.29) is 0 Å². The van der Waals surface area contributed by atoms with Crippen molar-refractivity contribution < 1.29 is 0 Å². The molecule has 0 N–H and O–H groups in total. The normalized spacial score (nSPS) is 46.4. The Bertz CT molecular complexity index is 178. The van der Waals surface area contributed by atoms with Crippen LogP contribution in [0.4, 0.5) is 0 Å². The summed E-state index contributed by atoms with van der Waals surface area (Å²) in [5.41, 5.74) is 0. The van der Waals surface area contributed by atoms with E-state index < -0.39 is 0 Å². The first-order valence-corrected chi connectivity index (χ1v) is 5.91. The third-order valence-electron chi connectivity index (χ3n) is 3.99. The smallest absolute Gasteiger partial charge is 0.00672 e. The van der Waals surface area contributed by atoms with Crippen molar-refractivity contribution in [1.29, 1.82) is 0 Å². The Morgan fingerprint density at radius 3 is 2.46 bits per heavy atom. The van der Waals surface area contributed by atoms with Crippen LogP contribution in [0.1, 0.15) is 40.0 Å². The molecule has 1 saturated carbocycles. The SMILES string of the molecule is CC1CCC(C)N(CC2CC2C)C1. The van der Waals surface area contributed by atoms with E-state index in [4.69, 9.17) is 0 Å². The van der Waals surface area contributed by atoms with Crippen LogP contribution < -0.4 is 0 Å². The molecule has 4 atom stereocenters. The number of hydrogen-bond acceptors (Lipinski definition) is 1. The Labute approximate surface area is 82.5 Å². The highest BCUT2D eigenvalue weighted by Gasteiger charge is 2.36. The summed E-state index contributed by atoms with van der Waals surface area (Å²) in [5, 5.41) is 0. The van der Waals surface area contributed by atoms with E-state index in [2.05, 4.69) is 25.7 Å². The van der Waals surface area contributed by atoms with Crippen molar-refractivity contribution in [2.75, 3.05) is 13.1 Å². The molecule has 1 heterocycles. The van der Waals surface area contributed by atoms with Crippen LogP contribution in [0.2, 0.25) is 0 Å². The number of nitrogens with zero attached hydrogens (tertiary/aromatic N) is 1. The molecule has 76 valence electrons. The molecule has 1 aliphatic carbocycles. The first kappa shape index (κ1) is 9.51. The predicted octanol–water partition coefficient (Wildman–Crippen LogP) is 2.76. The molecular formula is C12H23N. The molecule has 2 fully saturated rings. The molecule has 0 aromatic heterocycles. The first-order valence-electron chi connectivity index (χ1n) is 5.91. The summed E-state index contributed by atoms with van der Waals surface area (Å²) in [4.78, 5) is 2.72. The maximum absolute atomic E-state index is 2.72. The van der Waals surface area contributed by atoms with Gasteiger partial charge in [0.15, 0.2) is 0 Å². The fourth-order valence-electron chi connectivity index (χ4n) is 2.59. The van der Waals surface area contributed by atoms with Crippen LogP contribution in [0.5, 0.6) is 0 Å². The first-order chi connectivity index (χ1) is 6.16. The van der Waals surface area contributed by atoms with Gasteiger partial charge < -0.3 is 4.90 Å². The van der Waals surface area contributed by atoms with Crippen LogP contribution in [0.25, 0.3) is 0 Å². The molecule has 0 bridgehead atoms. The number of likely N-dealkylation sites (tertiary alicyclic amines) is 1. The van der Waals surface area contributed by atoms with Crippen LogP contribution in [0, 0.1) is 17.8 Å². The molecule has 2 rings (SSSR count). The Hall–Kier alpha value is -0.0400. The third kappa shape index (κ3) is 2.25. The van der Waals surface area contributed by atoms with E-state index in [1.165, 1.54) is 32.4 Å². The second kappa shape index (κ2) is 3.61. The lowest BCUT2D eigenvalue weighted by Crippen LogP contribution is -2.42. The van der Waals surface area contributed by atoms with Gasteiger partial charge in [-0.05, 0) is 43.9 Å². The molecule has 0 radical (unpaired) electrons. The maximum atomic E-state index is 2.72. The van der Waals surface area contributed by atoms with E-state index in [1.54, 1.807) is 0 Å². The largest absolute Gasteiger partial charge is 0.300 e. The zero-order chi connectivity index (χ0) is 9.42. The van der Waals surface area contributed by atoms with Gasteiger partial charge in [-0.15, -0.1) is 0 Å². The molecule has 1 nitrogen and oxygen atoms in total. The van der Waals surface area contributed by atoms with Crippen LogP contribution in [0.3, 0.4) is 0 Å². The lowest BCUT2D eigenvalue weighted by atomic mass is 9.95. The van der Waals surface area contributed by atoms with E-state index in [1.807, 2.05) is 0 Å². The van der Waals surface area contributed by atoms with Gasteiger partial charge in [0.1, 0.15) is 0 Å². The molecule has 0 aromatic carbocycles. The van der Waals surface area contributed by atoms with E-state index in [9.17, 15) is 0 Å². The van der Waals surface area contributed by atoms with E-state index >= 15 is 0 Å². The van der Waals surface area contributed by atoms with Gasteiger partial charge in [-0.2, -0.15) is 0 Å². The van der Waals surface area contributed by atoms with Gasteiger partial charge in [-0.25, -0.2) is 0 Å². The lowest BCUT2D eigenvalue weighted by molar-refractivity contribution is 0.118. The third-order valence-corrected chi connectivity index (χ3v) is 3.99. The summed E-state index contributed by atoms with van der Waals surface area (Å²) in [5.74, 6) is 2.99. The quantitative estimate of drug-likeness (QED) is 0.633. The molecule has 4 unspecified atom stereocenters. The van der Waals surface area contributed by atoms with Crippen LogP contribution in [0.15, 0.2) is 0 Å². The highest BCUT2D eigenvalue weighted by molar-refractivity contribution is 4.88. The van der Waals surface area contributed by atoms with Gasteiger partial charge in [0.2, 0.25) is 0 Å². The molecule has 0 spiro atoms. The molecule has 13 heavy (non-hydrogen) atoms. The van der Waals surface area contributed by atoms with Gasteiger partial charge >= 0.3 is 0 Å². The average molecular weight is 181 g/mol. The fraction of sp³-hybridized carbons (Fsp3) is 1.00. The van der Waals surface area contributed by atoms with E-state index in [0.717, 1.165) is 23.8 Å². The zero-order valence-electron chi connectivity index (χ0n) is 9.29. The monoisotopic (exact) mass is 181 g/mol. The van der Waals surface area contributed by atoms with Gasteiger partial charge in [-0.3, -0.25) is 0 Å². The minimum Gasteiger partial charge on any atom is -0.300 e. The van der Waals surface area contributed by atoms with Crippen LogP contribution in [-0.4, -0.2) is 24.0 Å². The predicted molar refractivity (Wildman–Crippen MR) is 56.7 cm³/mol. The summed E-state index contributed by atoms with van der Waals surface area (Å²) in [6, 6.07) is 0.851. The van der Waals surface area contributed by atoms with Crippen molar-refractivity contribution >= 4 is 0 Å². The minimum atomic E-state index is 0.851. The average Bonchev–Trinajstić information content (AvgIpc) is 2.75. The van der Waals surface area contributed by atoms with Crippen LogP contribution in [-0.2, 0) is 0 Å². The molecule has 1 heteroatoms. The topological polar surface area (TPSA) is 3.24 Å². The molecule has 0 amide bonds. The highest BCUT2D eigenvalue weighted by atomic mass is 15.2. The summed E-state index contributed by atoms with van der Waals surface area (Å²) in [7, 11) is 0. The second-order valence-corrected chi connectivity index (χ2v) is 5.46. The van der Waals surface area contributed by atoms with Gasteiger partial charge in [0.25, 0.3) is 0 Å². The Morgan fingerprint density at radius 2 is 1.85 bits per heavy atom.